The molecule has 0 aliphatic rings. The molecule has 0 unspecified atom stereocenters. The molecule has 23 heavy (non-hydrogen) atoms. The molecule has 0 saturated heterocycles. The molecule has 16 N–H and O–H groups in total. The third-order valence-electron chi connectivity index (χ3n) is 2.54. The summed E-state index contributed by atoms with van der Waals surface area (Å²) < 4.78 is 0. The van der Waals surface area contributed by atoms with Crippen LogP contribution in [0.3, 0.4) is 0 Å². The Kier molecular flexibility index (Phi) is 33.9. The van der Waals surface area contributed by atoms with Gasteiger partial charge in [0, 0.05) is 12.1 Å². The molecule has 0 radical (unpaired) electrons. The van der Waals surface area contributed by atoms with Crippen LogP contribution in [-0.4, -0.2) is 37.1 Å². The number of rotatable bonds is 10. The molecular formula is C12H35ClN6O4. The van der Waals surface area contributed by atoms with Gasteiger partial charge in [-0.15, -0.1) is 12.4 Å². The van der Waals surface area contributed by atoms with Crippen LogP contribution < -0.4 is 45.4 Å². The molecule has 11 heteroatoms. The third kappa shape index (κ3) is 26.2. The van der Waals surface area contributed by atoms with Gasteiger partial charge < -0.3 is 55.0 Å². The van der Waals surface area contributed by atoms with Gasteiger partial charge in [-0.2, -0.15) is 0 Å². The topological polar surface area (TPSA) is 257 Å². The first-order chi connectivity index (χ1) is 9.36. The van der Waals surface area contributed by atoms with E-state index in [1.807, 2.05) is 0 Å². The van der Waals surface area contributed by atoms with Crippen molar-refractivity contribution >= 4 is 24.3 Å². The lowest BCUT2D eigenvalue weighted by Crippen LogP contribution is -2.41. The number of aliphatic carboxylic acids is 2. The smallest absolute Gasteiger partial charge is 0.0582 e. The van der Waals surface area contributed by atoms with Crippen molar-refractivity contribution in [3.05, 3.63) is 0 Å². The zero-order chi connectivity index (χ0) is 16.0. The number of carboxylic acid groups (broad SMARTS) is 2. The van der Waals surface area contributed by atoms with Crippen molar-refractivity contribution in [3.8, 4) is 0 Å². The highest BCUT2D eigenvalue weighted by Gasteiger charge is 2.01. The molecule has 0 spiro atoms. The number of unbranched alkanes of at least 4 members (excludes halogenated alkanes) is 2. The highest BCUT2D eigenvalue weighted by molar-refractivity contribution is 5.85. The van der Waals surface area contributed by atoms with Crippen LogP contribution in [0.25, 0.3) is 0 Å². The van der Waals surface area contributed by atoms with Gasteiger partial charge in [-0.3, -0.25) is 0 Å². The Hall–Kier alpha value is -1.01. The summed E-state index contributed by atoms with van der Waals surface area (Å²) >= 11 is 0. The van der Waals surface area contributed by atoms with E-state index in [0.717, 1.165) is 25.7 Å². The highest BCUT2D eigenvalue weighted by Crippen LogP contribution is 1.96. The Morgan fingerprint density at radius 1 is 0.739 bits per heavy atom. The van der Waals surface area contributed by atoms with Gasteiger partial charge in [-0.25, -0.2) is 0 Å². The Morgan fingerprint density at radius 2 is 1.00 bits per heavy atom. The maximum absolute atomic E-state index is 10.0. The van der Waals surface area contributed by atoms with Gasteiger partial charge in [0.2, 0.25) is 0 Å². The van der Waals surface area contributed by atoms with E-state index in [1.54, 1.807) is 0 Å². The van der Waals surface area contributed by atoms with Gasteiger partial charge in [-0.05, 0) is 38.8 Å². The van der Waals surface area contributed by atoms with Crippen molar-refractivity contribution in [3.63, 3.8) is 0 Å². The van der Waals surface area contributed by atoms with Crippen LogP contribution in [-0.2, 0) is 9.59 Å². The maximum atomic E-state index is 10.0. The van der Waals surface area contributed by atoms with E-state index in [9.17, 15) is 19.8 Å². The molecule has 0 aromatic heterocycles. The van der Waals surface area contributed by atoms with E-state index in [-0.39, 0.29) is 24.7 Å². The molecule has 0 aliphatic heterocycles. The average molecular weight is 363 g/mol. The van der Waals surface area contributed by atoms with Crippen molar-refractivity contribution < 1.29 is 19.8 Å². The van der Waals surface area contributed by atoms with Gasteiger partial charge in [0.15, 0.2) is 0 Å². The summed E-state index contributed by atoms with van der Waals surface area (Å²) in [5, 5.41) is 20.1. The van der Waals surface area contributed by atoms with Gasteiger partial charge in [0.1, 0.15) is 0 Å². The number of carbonyl (C=O) groups is 2. The molecule has 0 bridgehead atoms. The predicted molar refractivity (Wildman–Crippen MR) is 91.0 cm³/mol. The van der Waals surface area contributed by atoms with E-state index in [2.05, 4.69) is 0 Å². The average Bonchev–Trinajstić information content (AvgIpc) is 2.39. The minimum absolute atomic E-state index is 0. The van der Waals surface area contributed by atoms with Crippen molar-refractivity contribution in [2.75, 3.05) is 13.1 Å². The van der Waals surface area contributed by atoms with Crippen molar-refractivity contribution in [2.24, 2.45) is 22.9 Å². The van der Waals surface area contributed by atoms with Gasteiger partial charge in [0.05, 0.1) is 11.9 Å². The fourth-order valence-corrected chi connectivity index (χ4v) is 1.25. The molecular weight excluding hydrogens is 328 g/mol. The number of nitrogens with two attached hydrogens (primary N) is 4. The summed E-state index contributed by atoms with van der Waals surface area (Å²) in [6, 6.07) is -1.65. The SMILES string of the molecule is Cl.NCCCC[C@H](N)C(=O)[O-].NCCCC[C@H](N)C(=O)[O-].[NH4+].[NH4+]. The second kappa shape index (κ2) is 23.3. The summed E-state index contributed by atoms with van der Waals surface area (Å²) in [7, 11) is 0. The van der Waals surface area contributed by atoms with Crippen LogP contribution in [0.15, 0.2) is 0 Å². The summed E-state index contributed by atoms with van der Waals surface area (Å²) in [5.74, 6) is -2.37. The molecule has 10 nitrogen and oxygen atoms in total. The van der Waals surface area contributed by atoms with E-state index in [1.165, 1.54) is 0 Å². The first kappa shape index (κ1) is 33.6. The molecule has 0 amide bonds. The Labute approximate surface area is 143 Å². The predicted octanol–water partition coefficient (Wildman–Crippen LogP) is -2.44. The van der Waals surface area contributed by atoms with E-state index < -0.39 is 24.0 Å². The lowest BCUT2D eigenvalue weighted by molar-refractivity contribution is -0.308. The maximum Gasteiger partial charge on any atom is 0.0582 e. The molecule has 0 heterocycles. The van der Waals surface area contributed by atoms with Gasteiger partial charge >= 0.3 is 0 Å². The Balaban J connectivity index is -0.0000000831. The lowest BCUT2D eigenvalue weighted by atomic mass is 10.1. The first-order valence-corrected chi connectivity index (χ1v) is 6.69. The van der Waals surface area contributed by atoms with Gasteiger partial charge in [0.25, 0.3) is 0 Å². The number of quaternary nitrogens is 2. The standard InChI is InChI=1S/2C6H14N2O2.ClH.2H3N/c2*7-4-2-1-3-5(8)6(9)10;;;/h2*5H,1-4,7-8H2,(H,9,10);1H;2*1H3/t2*5-;;;/m00.../s1. The first-order valence-electron chi connectivity index (χ1n) is 6.69. The fraction of sp³-hybridized carbons (Fsp3) is 0.833. The fourth-order valence-electron chi connectivity index (χ4n) is 1.25. The molecule has 144 valence electrons. The summed E-state index contributed by atoms with van der Waals surface area (Å²) in [6.07, 6.45) is 4.07. The molecule has 0 aromatic carbocycles. The normalized spacial score (nSPS) is 11.3. The van der Waals surface area contributed by atoms with Crippen LogP contribution in [0.5, 0.6) is 0 Å². The van der Waals surface area contributed by atoms with Crippen LogP contribution in [0.1, 0.15) is 38.5 Å². The second-order valence-electron chi connectivity index (χ2n) is 4.42. The summed E-state index contributed by atoms with van der Waals surface area (Å²) in [6.45, 7) is 1.17. The monoisotopic (exact) mass is 362 g/mol. The van der Waals surface area contributed by atoms with Crippen LogP contribution in [0.2, 0.25) is 0 Å². The Morgan fingerprint density at radius 3 is 1.17 bits per heavy atom. The van der Waals surface area contributed by atoms with E-state index >= 15 is 0 Å². The van der Waals surface area contributed by atoms with Crippen LogP contribution in [0, 0.1) is 0 Å². The van der Waals surface area contributed by atoms with Crippen LogP contribution in [0.4, 0.5) is 0 Å². The molecule has 0 aliphatic carbocycles. The van der Waals surface area contributed by atoms with Crippen molar-refractivity contribution in [1.29, 1.82) is 0 Å². The number of hydrogen-bond donors (Lipinski definition) is 6. The molecule has 2 atom stereocenters. The minimum Gasteiger partial charge on any atom is -0.548 e. The summed E-state index contributed by atoms with van der Waals surface area (Å²) in [4.78, 5) is 20.1. The number of carbonyl (C=O) groups excluding carboxylic acids is 2. The lowest BCUT2D eigenvalue weighted by Gasteiger charge is -2.10. The van der Waals surface area contributed by atoms with Crippen molar-refractivity contribution in [2.45, 2.75) is 50.6 Å². The largest absolute Gasteiger partial charge is 0.548 e. The second-order valence-corrected chi connectivity index (χ2v) is 4.42. The number of carboxylic acids is 2. The molecule has 0 saturated carbocycles. The van der Waals surface area contributed by atoms with Crippen molar-refractivity contribution in [1.82, 2.24) is 12.3 Å². The van der Waals surface area contributed by atoms with E-state index in [4.69, 9.17) is 22.9 Å². The van der Waals surface area contributed by atoms with E-state index in [0.29, 0.717) is 25.9 Å². The van der Waals surface area contributed by atoms with Crippen LogP contribution >= 0.6 is 12.4 Å². The number of halogens is 1. The molecule has 0 fully saturated rings. The molecule has 0 rings (SSSR count). The highest BCUT2D eigenvalue weighted by atomic mass is 35.5. The third-order valence-corrected chi connectivity index (χ3v) is 2.54. The Bertz CT molecular complexity index is 248. The van der Waals surface area contributed by atoms with Gasteiger partial charge in [-0.1, -0.05) is 12.8 Å². The molecule has 0 aromatic rings. The zero-order valence-corrected chi connectivity index (χ0v) is 15.0. The quantitative estimate of drug-likeness (QED) is 0.227. The summed E-state index contributed by atoms with van der Waals surface area (Å²) in [5.41, 5.74) is 20.7. The zero-order valence-electron chi connectivity index (χ0n) is 14.2. The minimum atomic E-state index is -1.18. The number of hydrogen-bond acceptors (Lipinski definition) is 8.